The Bertz CT molecular complexity index is 819. The number of fused-ring (bicyclic) bond motifs is 1. The maximum Gasteiger partial charge on any atom is 0.179 e. The Balaban J connectivity index is 1.61. The monoisotopic (exact) mass is 371 g/mol. The molecule has 0 atom stereocenters. The first-order chi connectivity index (χ1) is 11.2. The normalized spacial score (nSPS) is 16.2. The van der Waals surface area contributed by atoms with Crippen molar-refractivity contribution in [2.24, 2.45) is 0 Å². The average molecular weight is 372 g/mol. The van der Waals surface area contributed by atoms with Crippen LogP contribution < -0.4 is 4.90 Å². The number of rotatable bonds is 2. The van der Waals surface area contributed by atoms with Crippen molar-refractivity contribution in [1.82, 2.24) is 19.9 Å². The van der Waals surface area contributed by atoms with Gasteiger partial charge in [0.2, 0.25) is 0 Å². The Morgan fingerprint density at radius 2 is 1.78 bits per heavy atom. The molecule has 1 fully saturated rings. The second kappa shape index (κ2) is 5.94. The predicted molar refractivity (Wildman–Crippen MR) is 96.7 cm³/mol. The zero-order valence-corrected chi connectivity index (χ0v) is 14.5. The number of halogens is 1. The van der Waals surface area contributed by atoms with E-state index in [1.807, 2.05) is 6.07 Å². The summed E-state index contributed by atoms with van der Waals surface area (Å²) in [7, 11) is 2.17. The number of benzene rings is 1. The van der Waals surface area contributed by atoms with Crippen molar-refractivity contribution in [2.75, 3.05) is 38.1 Å². The Morgan fingerprint density at radius 1 is 1.04 bits per heavy atom. The van der Waals surface area contributed by atoms with Crippen molar-refractivity contribution < 1.29 is 0 Å². The number of nitrogens with one attached hydrogen (secondary N) is 1. The van der Waals surface area contributed by atoms with Crippen LogP contribution in [0.15, 0.2) is 41.0 Å². The molecule has 0 radical (unpaired) electrons. The van der Waals surface area contributed by atoms with E-state index < -0.39 is 0 Å². The lowest BCUT2D eigenvalue weighted by Crippen LogP contribution is -2.44. The van der Waals surface area contributed by atoms with Crippen molar-refractivity contribution >= 4 is 32.8 Å². The van der Waals surface area contributed by atoms with Crippen molar-refractivity contribution in [2.45, 2.75) is 0 Å². The van der Waals surface area contributed by atoms with Crippen LogP contribution in [0.1, 0.15) is 0 Å². The molecular weight excluding hydrogens is 354 g/mol. The van der Waals surface area contributed by atoms with Gasteiger partial charge < -0.3 is 14.8 Å². The van der Waals surface area contributed by atoms with Crippen LogP contribution >= 0.6 is 15.9 Å². The summed E-state index contributed by atoms with van der Waals surface area (Å²) in [6, 6.07) is 10.5. The van der Waals surface area contributed by atoms with Crippen LogP contribution in [-0.4, -0.2) is 53.1 Å². The van der Waals surface area contributed by atoms with Gasteiger partial charge >= 0.3 is 0 Å². The number of anilines is 1. The first-order valence-corrected chi connectivity index (χ1v) is 8.54. The molecule has 1 saturated heterocycles. The van der Waals surface area contributed by atoms with Crippen LogP contribution in [0.3, 0.4) is 0 Å². The summed E-state index contributed by atoms with van der Waals surface area (Å²) in [5, 5.41) is 0. The molecule has 5 nitrogen and oxygen atoms in total. The second-order valence-corrected chi connectivity index (χ2v) is 6.77. The van der Waals surface area contributed by atoms with Crippen molar-refractivity contribution in [3.05, 3.63) is 41.0 Å². The Hall–Kier alpha value is -1.92. The van der Waals surface area contributed by atoms with E-state index in [0.717, 1.165) is 53.2 Å². The van der Waals surface area contributed by atoms with Crippen molar-refractivity contribution in [3.8, 4) is 11.4 Å². The van der Waals surface area contributed by atoms with Gasteiger partial charge in [0.25, 0.3) is 0 Å². The summed E-state index contributed by atoms with van der Waals surface area (Å²) in [6.45, 7) is 4.39. The zero-order chi connectivity index (χ0) is 15.8. The molecule has 23 heavy (non-hydrogen) atoms. The van der Waals surface area contributed by atoms with E-state index in [1.54, 1.807) is 6.20 Å². The summed E-state index contributed by atoms with van der Waals surface area (Å²) in [5.41, 5.74) is 4.02. The third kappa shape index (κ3) is 2.84. The van der Waals surface area contributed by atoms with Gasteiger partial charge in [0, 0.05) is 48.1 Å². The maximum absolute atomic E-state index is 4.58. The van der Waals surface area contributed by atoms with Gasteiger partial charge in [-0.2, -0.15) is 0 Å². The van der Waals surface area contributed by atoms with Gasteiger partial charge in [-0.25, -0.2) is 9.97 Å². The highest BCUT2D eigenvalue weighted by Gasteiger charge is 2.14. The molecule has 6 heteroatoms. The molecule has 0 bridgehead atoms. The minimum absolute atomic E-state index is 0.734. The molecule has 3 aromatic rings. The van der Waals surface area contributed by atoms with Crippen molar-refractivity contribution in [1.29, 1.82) is 0 Å². The SMILES string of the molecule is CN1CCN(c2ccc(-c3nc4nccc(Br)c4[nH]3)cc2)CC1. The predicted octanol–water partition coefficient (Wildman–Crippen LogP) is 3.14. The molecule has 1 aliphatic rings. The third-order valence-corrected chi connectivity index (χ3v) is 5.01. The van der Waals surface area contributed by atoms with Crippen LogP contribution in [0.5, 0.6) is 0 Å². The number of hydrogen-bond acceptors (Lipinski definition) is 4. The van der Waals surface area contributed by atoms with Crippen LogP contribution in [0.2, 0.25) is 0 Å². The van der Waals surface area contributed by atoms with Gasteiger partial charge in [0.15, 0.2) is 5.65 Å². The molecule has 0 spiro atoms. The smallest absolute Gasteiger partial charge is 0.179 e. The summed E-state index contributed by atoms with van der Waals surface area (Å²) in [5.74, 6) is 0.851. The Kier molecular flexibility index (Phi) is 3.79. The van der Waals surface area contributed by atoms with E-state index in [0.29, 0.717) is 0 Å². The van der Waals surface area contributed by atoms with E-state index in [4.69, 9.17) is 0 Å². The molecular formula is C17H18BrN5. The highest BCUT2D eigenvalue weighted by molar-refractivity contribution is 9.10. The minimum atomic E-state index is 0.734. The zero-order valence-electron chi connectivity index (χ0n) is 13.0. The van der Waals surface area contributed by atoms with Gasteiger partial charge in [0.05, 0.1) is 5.52 Å². The van der Waals surface area contributed by atoms with Gasteiger partial charge in [0.1, 0.15) is 5.82 Å². The molecule has 1 aromatic carbocycles. The number of H-pyrrole nitrogens is 1. The first kappa shape index (κ1) is 14.7. The first-order valence-electron chi connectivity index (χ1n) is 7.75. The number of aromatic nitrogens is 3. The topological polar surface area (TPSA) is 48.1 Å². The van der Waals surface area contributed by atoms with Crippen LogP contribution in [0.4, 0.5) is 5.69 Å². The molecule has 1 aliphatic heterocycles. The lowest BCUT2D eigenvalue weighted by atomic mass is 10.1. The number of nitrogens with zero attached hydrogens (tertiary/aromatic N) is 4. The number of pyridine rings is 1. The minimum Gasteiger partial charge on any atom is -0.369 e. The van der Waals surface area contributed by atoms with Gasteiger partial charge in [-0.05, 0) is 53.3 Å². The fourth-order valence-electron chi connectivity index (χ4n) is 2.91. The van der Waals surface area contributed by atoms with Gasteiger partial charge in [-0.3, -0.25) is 0 Å². The van der Waals surface area contributed by atoms with E-state index in [9.17, 15) is 0 Å². The summed E-state index contributed by atoms with van der Waals surface area (Å²) >= 11 is 3.53. The van der Waals surface area contributed by atoms with E-state index in [-0.39, 0.29) is 0 Å². The van der Waals surface area contributed by atoms with Crippen LogP contribution in [0.25, 0.3) is 22.6 Å². The number of likely N-dealkylation sites (N-methyl/N-ethyl adjacent to an activating group) is 1. The lowest BCUT2D eigenvalue weighted by molar-refractivity contribution is 0.313. The molecule has 4 rings (SSSR count). The molecule has 0 saturated carbocycles. The molecule has 2 aromatic heterocycles. The van der Waals surface area contributed by atoms with Gasteiger partial charge in [-0.15, -0.1) is 0 Å². The summed E-state index contributed by atoms with van der Waals surface area (Å²) < 4.78 is 0.982. The van der Waals surface area contributed by atoms with Crippen LogP contribution in [0, 0.1) is 0 Å². The molecule has 118 valence electrons. The average Bonchev–Trinajstić information content (AvgIpc) is 3.01. The van der Waals surface area contributed by atoms with Crippen LogP contribution in [-0.2, 0) is 0 Å². The quantitative estimate of drug-likeness (QED) is 0.751. The molecule has 0 amide bonds. The third-order valence-electron chi connectivity index (χ3n) is 4.35. The Morgan fingerprint density at radius 3 is 2.48 bits per heavy atom. The Labute approximate surface area is 143 Å². The summed E-state index contributed by atoms with van der Waals surface area (Å²) in [4.78, 5) is 17.0. The highest BCUT2D eigenvalue weighted by Crippen LogP contribution is 2.26. The lowest BCUT2D eigenvalue weighted by Gasteiger charge is -2.34. The fourth-order valence-corrected chi connectivity index (χ4v) is 3.31. The summed E-state index contributed by atoms with van der Waals surface area (Å²) in [6.07, 6.45) is 1.76. The fraction of sp³-hybridized carbons (Fsp3) is 0.294. The molecule has 3 heterocycles. The van der Waals surface area contributed by atoms with Gasteiger partial charge in [-0.1, -0.05) is 0 Å². The second-order valence-electron chi connectivity index (χ2n) is 5.91. The number of hydrogen-bond donors (Lipinski definition) is 1. The largest absolute Gasteiger partial charge is 0.369 e. The standard InChI is InChI=1S/C17H18BrN5/c1-22-8-10-23(11-9-22)13-4-2-12(3-5-13)16-20-15-14(18)6-7-19-17(15)21-16/h2-7H,8-11H2,1H3,(H,19,20,21). The number of piperazine rings is 1. The van der Waals surface area contributed by atoms with E-state index in [1.165, 1.54) is 5.69 Å². The maximum atomic E-state index is 4.58. The number of imidazole rings is 1. The van der Waals surface area contributed by atoms with E-state index >= 15 is 0 Å². The van der Waals surface area contributed by atoms with E-state index in [2.05, 4.69) is 72.0 Å². The molecule has 0 unspecified atom stereocenters. The van der Waals surface area contributed by atoms with Crippen molar-refractivity contribution in [3.63, 3.8) is 0 Å². The highest BCUT2D eigenvalue weighted by atomic mass is 79.9. The molecule has 0 aliphatic carbocycles. The molecule has 1 N–H and O–H groups in total. The number of aromatic amines is 1.